The Morgan fingerprint density at radius 3 is 2.33 bits per heavy atom. The molecule has 0 aromatic rings. The van der Waals surface area contributed by atoms with Crippen LogP contribution in [0.1, 0.15) is 32.6 Å². The minimum absolute atomic E-state index is 0.0706. The second kappa shape index (κ2) is 5.27. The molecule has 12 heavy (non-hydrogen) atoms. The van der Waals surface area contributed by atoms with Gasteiger partial charge in [-0.25, -0.2) is 0 Å². The molecule has 0 saturated carbocycles. The van der Waals surface area contributed by atoms with Crippen molar-refractivity contribution in [2.75, 3.05) is 5.75 Å². The van der Waals surface area contributed by atoms with Gasteiger partial charge in [-0.1, -0.05) is 13.3 Å². The molecule has 0 saturated heterocycles. The first kappa shape index (κ1) is 11.6. The number of Topliss-reactive ketones (excluding diaryl/α,β-unsaturated/α-hetero) is 1. The molecule has 0 radical (unpaired) electrons. The van der Waals surface area contributed by atoms with E-state index in [0.29, 0.717) is 6.42 Å². The quantitative estimate of drug-likeness (QED) is 0.641. The minimum atomic E-state index is -3.97. The monoisotopic (exact) mass is 194 g/mol. The van der Waals surface area contributed by atoms with Gasteiger partial charge in [-0.2, -0.15) is 8.42 Å². The van der Waals surface area contributed by atoms with Crippen LogP contribution in [-0.4, -0.2) is 24.5 Å². The molecule has 1 N–H and O–H groups in total. The molecule has 72 valence electrons. The molecule has 0 unspecified atom stereocenters. The molecule has 0 aliphatic rings. The minimum Gasteiger partial charge on any atom is -0.300 e. The van der Waals surface area contributed by atoms with Crippen LogP contribution < -0.4 is 0 Å². The number of hydrogen-bond donors (Lipinski definition) is 1. The fraction of sp³-hybridized carbons (Fsp3) is 0.857. The molecule has 0 rings (SSSR count). The zero-order valence-electron chi connectivity index (χ0n) is 7.12. The number of carbonyl (C=O) groups is 1. The maximum atomic E-state index is 10.9. The fourth-order valence-electron chi connectivity index (χ4n) is 0.742. The summed E-state index contributed by atoms with van der Waals surface area (Å²) in [5.41, 5.74) is 0. The number of carbonyl (C=O) groups excluding carboxylic acids is 1. The van der Waals surface area contributed by atoms with Gasteiger partial charge in [0.25, 0.3) is 10.1 Å². The van der Waals surface area contributed by atoms with Crippen LogP contribution in [0.2, 0.25) is 0 Å². The SMILES string of the molecule is CCCCC(=O)CCS(=O)(=O)O. The molecule has 0 aromatic heterocycles. The van der Waals surface area contributed by atoms with Crippen molar-refractivity contribution in [1.29, 1.82) is 0 Å². The highest BCUT2D eigenvalue weighted by atomic mass is 32.2. The molecule has 0 heterocycles. The summed E-state index contributed by atoms with van der Waals surface area (Å²) in [5.74, 6) is -0.551. The third-order valence-corrected chi connectivity index (χ3v) is 2.17. The van der Waals surface area contributed by atoms with Gasteiger partial charge in [-0.3, -0.25) is 9.35 Å². The zero-order valence-corrected chi connectivity index (χ0v) is 7.93. The first-order chi connectivity index (χ1) is 5.45. The average Bonchev–Trinajstić information content (AvgIpc) is 1.95. The van der Waals surface area contributed by atoms with Crippen LogP contribution in [-0.2, 0) is 14.9 Å². The summed E-state index contributed by atoms with van der Waals surface area (Å²) >= 11 is 0. The van der Waals surface area contributed by atoms with E-state index in [9.17, 15) is 13.2 Å². The highest BCUT2D eigenvalue weighted by molar-refractivity contribution is 7.85. The van der Waals surface area contributed by atoms with Crippen LogP contribution in [0.3, 0.4) is 0 Å². The topological polar surface area (TPSA) is 71.4 Å². The Hall–Kier alpha value is -0.420. The Labute approximate surface area is 72.7 Å². The average molecular weight is 194 g/mol. The van der Waals surface area contributed by atoms with E-state index in [1.54, 1.807) is 0 Å². The van der Waals surface area contributed by atoms with Gasteiger partial charge in [-0.05, 0) is 6.42 Å². The second-order valence-corrected chi connectivity index (χ2v) is 4.25. The van der Waals surface area contributed by atoms with Crippen molar-refractivity contribution in [2.45, 2.75) is 32.6 Å². The van der Waals surface area contributed by atoms with Crippen LogP contribution in [0, 0.1) is 0 Å². The summed E-state index contributed by atoms with van der Waals surface area (Å²) in [4.78, 5) is 10.9. The van der Waals surface area contributed by atoms with Crippen molar-refractivity contribution >= 4 is 15.9 Å². The Morgan fingerprint density at radius 2 is 1.92 bits per heavy atom. The molecule has 5 heteroatoms. The molecule has 0 amide bonds. The zero-order chi connectivity index (χ0) is 9.61. The van der Waals surface area contributed by atoms with Crippen molar-refractivity contribution in [1.82, 2.24) is 0 Å². The van der Waals surface area contributed by atoms with Gasteiger partial charge in [0.1, 0.15) is 5.78 Å². The Bertz CT molecular complexity index is 230. The van der Waals surface area contributed by atoms with Crippen LogP contribution >= 0.6 is 0 Å². The smallest absolute Gasteiger partial charge is 0.265 e. The second-order valence-electron chi connectivity index (χ2n) is 2.68. The maximum Gasteiger partial charge on any atom is 0.265 e. The van der Waals surface area contributed by atoms with Crippen molar-refractivity contribution in [3.8, 4) is 0 Å². The van der Waals surface area contributed by atoms with Crippen molar-refractivity contribution in [3.05, 3.63) is 0 Å². The summed E-state index contributed by atoms with van der Waals surface area (Å²) < 4.78 is 28.7. The number of unbranched alkanes of at least 4 members (excludes halogenated alkanes) is 1. The van der Waals surface area contributed by atoms with Gasteiger partial charge < -0.3 is 0 Å². The van der Waals surface area contributed by atoms with Crippen LogP contribution in [0.25, 0.3) is 0 Å². The highest BCUT2D eigenvalue weighted by Gasteiger charge is 2.08. The van der Waals surface area contributed by atoms with E-state index in [0.717, 1.165) is 12.8 Å². The molecule has 0 bridgehead atoms. The lowest BCUT2D eigenvalue weighted by Crippen LogP contribution is -2.09. The van der Waals surface area contributed by atoms with Gasteiger partial charge in [0.05, 0.1) is 5.75 Å². The summed E-state index contributed by atoms with van der Waals surface area (Å²) in [6.07, 6.45) is 2.03. The van der Waals surface area contributed by atoms with E-state index in [1.807, 2.05) is 6.92 Å². The summed E-state index contributed by atoms with van der Waals surface area (Å²) in [6, 6.07) is 0. The highest BCUT2D eigenvalue weighted by Crippen LogP contribution is 1.99. The Morgan fingerprint density at radius 1 is 1.33 bits per heavy atom. The largest absolute Gasteiger partial charge is 0.300 e. The van der Waals surface area contributed by atoms with E-state index in [2.05, 4.69) is 0 Å². The normalized spacial score (nSPS) is 11.5. The molecule has 0 aliphatic carbocycles. The fourth-order valence-corrected chi connectivity index (χ4v) is 1.23. The first-order valence-electron chi connectivity index (χ1n) is 3.92. The van der Waals surface area contributed by atoms with Crippen LogP contribution in [0.5, 0.6) is 0 Å². The van der Waals surface area contributed by atoms with Crippen LogP contribution in [0.15, 0.2) is 0 Å². The molecule has 0 fully saturated rings. The van der Waals surface area contributed by atoms with E-state index >= 15 is 0 Å². The molecular formula is C7H14O4S. The Balaban J connectivity index is 3.58. The molecule has 4 nitrogen and oxygen atoms in total. The molecular weight excluding hydrogens is 180 g/mol. The number of ketones is 1. The molecule has 0 atom stereocenters. The van der Waals surface area contributed by atoms with E-state index < -0.39 is 15.9 Å². The molecule has 0 aromatic carbocycles. The summed E-state index contributed by atoms with van der Waals surface area (Å²) in [7, 11) is -3.97. The Kier molecular flexibility index (Phi) is 5.08. The first-order valence-corrected chi connectivity index (χ1v) is 5.53. The molecule has 0 spiro atoms. The van der Waals surface area contributed by atoms with E-state index in [1.165, 1.54) is 0 Å². The van der Waals surface area contributed by atoms with Gasteiger partial charge in [0, 0.05) is 12.8 Å². The third-order valence-electron chi connectivity index (χ3n) is 1.45. The van der Waals surface area contributed by atoms with E-state index in [4.69, 9.17) is 4.55 Å². The summed E-state index contributed by atoms with van der Waals surface area (Å²) in [5, 5.41) is 0. The third kappa shape index (κ3) is 7.68. The maximum absolute atomic E-state index is 10.9. The predicted molar refractivity (Wildman–Crippen MR) is 45.6 cm³/mol. The van der Waals surface area contributed by atoms with Gasteiger partial charge in [0.2, 0.25) is 0 Å². The van der Waals surface area contributed by atoms with Gasteiger partial charge in [0.15, 0.2) is 0 Å². The van der Waals surface area contributed by atoms with Gasteiger partial charge >= 0.3 is 0 Å². The standard InChI is InChI=1S/C7H14O4S/c1-2-3-4-7(8)5-6-12(9,10)11/h2-6H2,1H3,(H,9,10,11). The van der Waals surface area contributed by atoms with Crippen LogP contribution in [0.4, 0.5) is 0 Å². The van der Waals surface area contributed by atoms with Crippen molar-refractivity contribution < 1.29 is 17.8 Å². The lowest BCUT2D eigenvalue weighted by atomic mass is 10.1. The lowest BCUT2D eigenvalue weighted by Gasteiger charge is -1.96. The van der Waals surface area contributed by atoms with Gasteiger partial charge in [-0.15, -0.1) is 0 Å². The predicted octanol–water partition coefficient (Wildman–Crippen LogP) is 1.02. The molecule has 0 aliphatic heterocycles. The number of hydrogen-bond acceptors (Lipinski definition) is 3. The number of rotatable bonds is 6. The van der Waals surface area contributed by atoms with Crippen molar-refractivity contribution in [3.63, 3.8) is 0 Å². The summed E-state index contributed by atoms with van der Waals surface area (Å²) in [6.45, 7) is 1.95. The lowest BCUT2D eigenvalue weighted by molar-refractivity contribution is -0.118. The van der Waals surface area contributed by atoms with Crippen molar-refractivity contribution in [2.24, 2.45) is 0 Å². The van der Waals surface area contributed by atoms with E-state index in [-0.39, 0.29) is 12.2 Å².